The normalized spacial score (nSPS) is 12.2. The Morgan fingerprint density at radius 2 is 1.33 bits per heavy atom. The van der Waals surface area contributed by atoms with Gasteiger partial charge >= 0.3 is 7.12 Å². The molecule has 128 valence electrons. The van der Waals surface area contributed by atoms with E-state index in [-0.39, 0.29) is 0 Å². The van der Waals surface area contributed by atoms with Crippen LogP contribution in [0.2, 0.25) is 0 Å². The fraction of sp³-hybridized carbons (Fsp3) is 0.333. The van der Waals surface area contributed by atoms with E-state index in [9.17, 15) is 0 Å². The van der Waals surface area contributed by atoms with E-state index in [0.29, 0.717) is 5.46 Å². The first-order chi connectivity index (χ1) is 11.0. The van der Waals surface area contributed by atoms with E-state index >= 15 is 0 Å². The van der Waals surface area contributed by atoms with Crippen molar-refractivity contribution >= 4 is 34.4 Å². The van der Waals surface area contributed by atoms with Gasteiger partial charge in [0.1, 0.15) is 0 Å². The van der Waals surface area contributed by atoms with Crippen LogP contribution in [0.4, 0.5) is 0 Å². The minimum atomic E-state index is -1.42. The number of nitrogens with one attached hydrogen (secondary N) is 1. The van der Waals surface area contributed by atoms with Gasteiger partial charge in [0.15, 0.2) is 0 Å². The van der Waals surface area contributed by atoms with Crippen LogP contribution in [-0.2, 0) is 0 Å². The minimum absolute atomic E-state index is 0.511. The largest absolute Gasteiger partial charge is 0.488 e. The van der Waals surface area contributed by atoms with Crippen LogP contribution >= 0.6 is 0 Å². The fourth-order valence-corrected chi connectivity index (χ4v) is 2.03. The van der Waals surface area contributed by atoms with E-state index in [2.05, 4.69) is 4.98 Å². The van der Waals surface area contributed by atoms with E-state index in [4.69, 9.17) is 20.3 Å². The van der Waals surface area contributed by atoms with Gasteiger partial charge in [-0.2, -0.15) is 0 Å². The van der Waals surface area contributed by atoms with Crippen LogP contribution in [0.3, 0.4) is 0 Å². The number of benzene rings is 2. The molecule has 0 amide bonds. The van der Waals surface area contributed by atoms with Crippen LogP contribution in [0.1, 0.15) is 27.7 Å². The lowest BCUT2D eigenvalue weighted by atomic mass is 9.80. The van der Waals surface area contributed by atoms with Gasteiger partial charge in [-0.25, -0.2) is 0 Å². The van der Waals surface area contributed by atoms with Gasteiger partial charge in [0, 0.05) is 21.8 Å². The van der Waals surface area contributed by atoms with Crippen LogP contribution in [0.5, 0.6) is 0 Å². The van der Waals surface area contributed by atoms with Gasteiger partial charge in [-0.05, 0) is 45.3 Å². The summed E-state index contributed by atoms with van der Waals surface area (Å²) in [7, 11) is -1.42. The molecule has 0 fully saturated rings. The van der Waals surface area contributed by atoms with Gasteiger partial charge < -0.3 is 25.2 Å². The summed E-state index contributed by atoms with van der Waals surface area (Å²) >= 11 is 0. The molecule has 0 saturated heterocycles. The van der Waals surface area contributed by atoms with E-state index in [1.807, 2.05) is 30.3 Å². The quantitative estimate of drug-likeness (QED) is 0.461. The van der Waals surface area contributed by atoms with Crippen LogP contribution in [0.15, 0.2) is 42.5 Å². The summed E-state index contributed by atoms with van der Waals surface area (Å²) in [6.45, 7) is 6.31. The smallest absolute Gasteiger partial charge is 0.423 e. The Labute approximate surface area is 141 Å². The van der Waals surface area contributed by atoms with E-state index in [0.717, 1.165) is 21.8 Å². The van der Waals surface area contributed by atoms with E-state index in [1.54, 1.807) is 39.8 Å². The molecule has 5 nitrogen and oxygen atoms in total. The lowest BCUT2D eigenvalue weighted by Crippen LogP contribution is -2.44. The Balaban J connectivity index is 0.000000224. The second kappa shape index (κ2) is 6.57. The molecule has 0 aliphatic carbocycles. The highest BCUT2D eigenvalue weighted by Gasteiger charge is 2.31. The average Bonchev–Trinajstić information content (AvgIpc) is 2.83. The molecular formula is C18H24BNO4. The highest BCUT2D eigenvalue weighted by molar-refractivity contribution is 6.59. The van der Waals surface area contributed by atoms with Gasteiger partial charge in [-0.3, -0.25) is 0 Å². The molecule has 3 rings (SSSR count). The maximum atomic E-state index is 9.14. The predicted octanol–water partition coefficient (Wildman–Crippen LogP) is 1.53. The third-order valence-electron chi connectivity index (χ3n) is 4.33. The number of hydrogen-bond donors (Lipinski definition) is 5. The summed E-state index contributed by atoms with van der Waals surface area (Å²) in [6, 6.07) is 13.3. The molecule has 2 aromatic carbocycles. The molecule has 6 heteroatoms. The monoisotopic (exact) mass is 329 g/mol. The average molecular weight is 329 g/mol. The number of aromatic amines is 1. The Hall–Kier alpha value is -1.86. The molecule has 0 aliphatic rings. The van der Waals surface area contributed by atoms with Gasteiger partial charge in [-0.1, -0.05) is 30.3 Å². The fourth-order valence-electron chi connectivity index (χ4n) is 2.03. The predicted molar refractivity (Wildman–Crippen MR) is 98.2 cm³/mol. The first-order valence-corrected chi connectivity index (χ1v) is 7.82. The molecular weight excluding hydrogens is 305 g/mol. The molecule has 1 aromatic heterocycles. The first-order valence-electron chi connectivity index (χ1n) is 7.82. The summed E-state index contributed by atoms with van der Waals surface area (Å²) in [5.74, 6) is 0. The summed E-state index contributed by atoms with van der Waals surface area (Å²) in [5, 5.41) is 38.6. The van der Waals surface area contributed by atoms with Gasteiger partial charge in [0.25, 0.3) is 0 Å². The molecule has 1 heterocycles. The number of rotatable bonds is 2. The summed E-state index contributed by atoms with van der Waals surface area (Å²) < 4.78 is 0. The molecule has 24 heavy (non-hydrogen) atoms. The van der Waals surface area contributed by atoms with Crippen molar-refractivity contribution in [3.8, 4) is 0 Å². The molecule has 0 aliphatic heterocycles. The topological polar surface area (TPSA) is 96.7 Å². The second-order valence-corrected chi connectivity index (χ2v) is 6.97. The van der Waals surface area contributed by atoms with Crippen LogP contribution < -0.4 is 5.46 Å². The highest BCUT2D eigenvalue weighted by atomic mass is 16.4. The number of fused-ring (bicyclic) bond motifs is 3. The molecule has 0 unspecified atom stereocenters. The molecule has 3 aromatic rings. The Morgan fingerprint density at radius 1 is 0.792 bits per heavy atom. The molecule has 0 bridgehead atoms. The number of hydrogen-bond acceptors (Lipinski definition) is 4. The number of aromatic nitrogens is 1. The molecule has 0 atom stereocenters. The van der Waals surface area contributed by atoms with Crippen molar-refractivity contribution in [1.29, 1.82) is 0 Å². The van der Waals surface area contributed by atoms with Crippen molar-refractivity contribution in [2.24, 2.45) is 0 Å². The minimum Gasteiger partial charge on any atom is -0.423 e. The summed E-state index contributed by atoms with van der Waals surface area (Å²) in [4.78, 5) is 3.28. The first kappa shape index (κ1) is 18.5. The highest BCUT2D eigenvalue weighted by Crippen LogP contribution is 2.23. The van der Waals surface area contributed by atoms with Crippen molar-refractivity contribution < 1.29 is 20.3 Å². The van der Waals surface area contributed by atoms with E-state index in [1.165, 1.54) is 0 Å². The van der Waals surface area contributed by atoms with E-state index < -0.39 is 18.3 Å². The van der Waals surface area contributed by atoms with Crippen molar-refractivity contribution in [2.45, 2.75) is 38.9 Å². The lowest BCUT2D eigenvalue weighted by molar-refractivity contribution is -0.107. The van der Waals surface area contributed by atoms with Gasteiger partial charge in [-0.15, -0.1) is 0 Å². The zero-order valence-electron chi connectivity index (χ0n) is 14.4. The molecule has 5 N–H and O–H groups in total. The third kappa shape index (κ3) is 3.97. The van der Waals surface area contributed by atoms with Crippen LogP contribution in [0.25, 0.3) is 21.8 Å². The maximum Gasteiger partial charge on any atom is 0.488 e. The number of aliphatic hydroxyl groups is 2. The number of para-hydroxylation sites is 1. The van der Waals surface area contributed by atoms with Crippen molar-refractivity contribution in [2.75, 3.05) is 0 Å². The number of H-pyrrole nitrogens is 1. The second-order valence-electron chi connectivity index (χ2n) is 6.97. The van der Waals surface area contributed by atoms with Crippen molar-refractivity contribution in [1.82, 2.24) is 4.98 Å². The summed E-state index contributed by atoms with van der Waals surface area (Å²) in [6.07, 6.45) is 0. The van der Waals surface area contributed by atoms with Gasteiger partial charge in [0.2, 0.25) is 0 Å². The molecule has 0 radical (unpaired) electrons. The maximum absolute atomic E-state index is 9.14. The summed E-state index contributed by atoms with van der Waals surface area (Å²) in [5.41, 5.74) is 0.560. The Morgan fingerprint density at radius 3 is 1.88 bits per heavy atom. The SMILES string of the molecule is CC(C)(O)C(C)(C)O.OB(O)c1ccc2[nH]c3ccccc3c2c1. The van der Waals surface area contributed by atoms with Gasteiger partial charge in [0.05, 0.1) is 11.2 Å². The van der Waals surface area contributed by atoms with Crippen LogP contribution in [0, 0.1) is 0 Å². The lowest BCUT2D eigenvalue weighted by Gasteiger charge is -2.31. The van der Waals surface area contributed by atoms with Crippen LogP contribution in [-0.4, -0.2) is 43.6 Å². The Bertz CT molecular complexity index is 816. The standard InChI is InChI=1S/C12H10BNO2.C6H14O2/c15-13(16)8-5-6-12-10(7-8)9-3-1-2-4-11(9)14-12;1-5(2,7)6(3,4)8/h1-7,14-16H;7-8H,1-4H3. The molecule has 0 saturated carbocycles. The van der Waals surface area contributed by atoms with Crippen molar-refractivity contribution in [3.05, 3.63) is 42.5 Å². The zero-order chi connectivity index (χ0) is 18.1. The van der Waals surface area contributed by atoms with Crippen molar-refractivity contribution in [3.63, 3.8) is 0 Å². The molecule has 0 spiro atoms. The Kier molecular flexibility index (Phi) is 5.06. The zero-order valence-corrected chi connectivity index (χ0v) is 14.4. The third-order valence-corrected chi connectivity index (χ3v) is 4.33.